The van der Waals surface area contributed by atoms with Gasteiger partial charge in [-0.2, -0.15) is 0 Å². The minimum absolute atomic E-state index is 0.0814. The number of ether oxygens (including phenoxy) is 1. The molecule has 4 aromatic rings. The van der Waals surface area contributed by atoms with Gasteiger partial charge < -0.3 is 26.1 Å². The number of aromatic nitrogens is 3. The number of nitrogen functional groups attached to an aromatic ring is 1. The van der Waals surface area contributed by atoms with Crippen molar-refractivity contribution >= 4 is 39.4 Å². The van der Waals surface area contributed by atoms with E-state index in [4.69, 9.17) is 21.2 Å². The van der Waals surface area contributed by atoms with Crippen molar-refractivity contribution in [1.82, 2.24) is 19.9 Å². The Morgan fingerprint density at radius 3 is 2.53 bits per heavy atom. The summed E-state index contributed by atoms with van der Waals surface area (Å²) in [4.78, 5) is 32.9. The Morgan fingerprint density at radius 1 is 1.08 bits per heavy atom. The van der Waals surface area contributed by atoms with Crippen LogP contribution in [0.15, 0.2) is 48.5 Å². The maximum absolute atomic E-state index is 12.2. The molecule has 0 radical (unpaired) electrons. The number of fused-ring (bicyclic) bond motifs is 3. The smallest absolute Gasteiger partial charge is 0.220 e. The fourth-order valence-electron chi connectivity index (χ4n) is 4.72. The third kappa shape index (κ3) is 6.35. The average Bonchev–Trinajstić information content (AvgIpc) is 3.27. The molecule has 0 unspecified atom stereocenters. The number of imidazole rings is 1. The number of primary amides is 1. The first kappa shape index (κ1) is 27.2. The van der Waals surface area contributed by atoms with Crippen LogP contribution in [0.2, 0.25) is 0 Å². The molecule has 9 heteroatoms. The molecule has 5 N–H and O–H groups in total. The van der Waals surface area contributed by atoms with E-state index in [0.717, 1.165) is 33.4 Å². The van der Waals surface area contributed by atoms with Crippen molar-refractivity contribution in [2.45, 2.75) is 45.7 Å². The first-order valence-electron chi connectivity index (χ1n) is 13.0. The summed E-state index contributed by atoms with van der Waals surface area (Å²) >= 11 is 0. The molecule has 2 aromatic carbocycles. The highest BCUT2D eigenvalue weighted by atomic mass is 16.5. The van der Waals surface area contributed by atoms with Gasteiger partial charge in [0, 0.05) is 44.3 Å². The summed E-state index contributed by atoms with van der Waals surface area (Å²) in [6.07, 6.45) is 2.18. The van der Waals surface area contributed by atoms with E-state index in [1.54, 1.807) is 7.11 Å². The van der Waals surface area contributed by atoms with Crippen molar-refractivity contribution in [3.8, 4) is 0 Å². The van der Waals surface area contributed by atoms with E-state index >= 15 is 0 Å². The summed E-state index contributed by atoms with van der Waals surface area (Å²) < 4.78 is 7.53. The number of benzene rings is 2. The van der Waals surface area contributed by atoms with Gasteiger partial charge in [0.05, 0.1) is 24.2 Å². The van der Waals surface area contributed by atoms with Crippen molar-refractivity contribution in [1.29, 1.82) is 0 Å². The van der Waals surface area contributed by atoms with Crippen molar-refractivity contribution < 1.29 is 14.3 Å². The minimum Gasteiger partial charge on any atom is -0.384 e. The number of nitrogens with one attached hydrogen (secondary N) is 1. The third-order valence-electron chi connectivity index (χ3n) is 6.90. The summed E-state index contributed by atoms with van der Waals surface area (Å²) in [6, 6.07) is 16.3. The van der Waals surface area contributed by atoms with E-state index in [1.807, 2.05) is 25.1 Å². The van der Waals surface area contributed by atoms with Gasteiger partial charge in [0.25, 0.3) is 0 Å². The predicted octanol–water partition coefficient (Wildman–Crippen LogP) is 3.35. The Bertz CT molecular complexity index is 1410. The normalized spacial score (nSPS) is 12.3. The highest BCUT2D eigenvalue weighted by Gasteiger charge is 2.18. The van der Waals surface area contributed by atoms with Gasteiger partial charge >= 0.3 is 0 Å². The Hall–Kier alpha value is -3.82. The fraction of sp³-hybridized carbons (Fsp3) is 0.379. The zero-order chi connectivity index (χ0) is 27.1. The lowest BCUT2D eigenvalue weighted by atomic mass is 9.98. The van der Waals surface area contributed by atoms with Crippen LogP contribution in [0.4, 0.5) is 5.82 Å². The number of pyridine rings is 1. The molecule has 0 spiro atoms. The monoisotopic (exact) mass is 516 g/mol. The number of para-hydroxylation sites is 1. The van der Waals surface area contributed by atoms with Crippen molar-refractivity contribution in [2.75, 3.05) is 26.0 Å². The number of anilines is 1. The second kappa shape index (κ2) is 12.6. The standard InChI is InChI=1S/C29H36N6O3/c1-3-21(29(31)37)12-13-22(36)17-32-16-19-8-10-20(11-9-19)18-35-25(14-15-38-2)34-26-27(35)23-6-4-5-7-24(23)33-28(26)30/h4-11,21,32H,3,12-18H2,1-2H3,(H2,30,33)(H2,31,37)/t21-/m0/s1. The molecule has 0 aliphatic carbocycles. The zero-order valence-electron chi connectivity index (χ0n) is 22.1. The lowest BCUT2D eigenvalue weighted by molar-refractivity contribution is -0.122. The van der Waals surface area contributed by atoms with Gasteiger partial charge in [-0.1, -0.05) is 49.4 Å². The molecular weight excluding hydrogens is 480 g/mol. The first-order chi connectivity index (χ1) is 18.4. The second-order valence-electron chi connectivity index (χ2n) is 9.57. The van der Waals surface area contributed by atoms with E-state index in [-0.39, 0.29) is 24.2 Å². The van der Waals surface area contributed by atoms with Crippen LogP contribution in [0.3, 0.4) is 0 Å². The number of ketones is 1. The topological polar surface area (TPSA) is 138 Å². The van der Waals surface area contributed by atoms with E-state index < -0.39 is 0 Å². The van der Waals surface area contributed by atoms with Crippen molar-refractivity contribution in [2.24, 2.45) is 11.7 Å². The highest BCUT2D eigenvalue weighted by molar-refractivity contribution is 6.06. The third-order valence-corrected chi connectivity index (χ3v) is 6.90. The second-order valence-corrected chi connectivity index (χ2v) is 9.57. The van der Waals surface area contributed by atoms with Crippen LogP contribution in [0.1, 0.15) is 43.1 Å². The number of Topliss-reactive ketones (excluding diaryl/α,β-unsaturated/α-hetero) is 1. The van der Waals surface area contributed by atoms with Gasteiger partial charge in [-0.15, -0.1) is 0 Å². The summed E-state index contributed by atoms with van der Waals surface area (Å²) in [5.41, 5.74) is 16.4. The van der Waals surface area contributed by atoms with Crippen LogP contribution in [-0.2, 0) is 33.8 Å². The van der Waals surface area contributed by atoms with Gasteiger partial charge in [-0.05, 0) is 30.0 Å². The van der Waals surface area contributed by atoms with E-state index in [1.165, 1.54) is 0 Å². The van der Waals surface area contributed by atoms with E-state index in [0.29, 0.717) is 56.7 Å². The highest BCUT2D eigenvalue weighted by Crippen LogP contribution is 2.29. The van der Waals surface area contributed by atoms with Gasteiger partial charge in [0.2, 0.25) is 5.91 Å². The number of nitrogens with zero attached hydrogens (tertiary/aromatic N) is 3. The largest absolute Gasteiger partial charge is 0.384 e. The number of carbonyl (C=O) groups excluding carboxylic acids is 2. The van der Waals surface area contributed by atoms with Crippen LogP contribution in [0.25, 0.3) is 21.9 Å². The van der Waals surface area contributed by atoms with Crippen LogP contribution < -0.4 is 16.8 Å². The number of methoxy groups -OCH3 is 1. The molecule has 0 aliphatic heterocycles. The SMILES string of the molecule is CC[C@@H](CCC(=O)CNCc1ccc(Cn2c(CCOC)nc3c(N)nc4ccccc4c32)cc1)C(N)=O. The summed E-state index contributed by atoms with van der Waals surface area (Å²) in [5, 5.41) is 4.22. The minimum atomic E-state index is -0.337. The quantitative estimate of drug-likeness (QED) is 0.234. The molecule has 200 valence electrons. The van der Waals surface area contributed by atoms with Crippen LogP contribution >= 0.6 is 0 Å². The molecular formula is C29H36N6O3. The molecule has 1 atom stereocenters. The number of hydrogen-bond acceptors (Lipinski definition) is 7. The molecule has 38 heavy (non-hydrogen) atoms. The molecule has 0 saturated heterocycles. The fourth-order valence-corrected chi connectivity index (χ4v) is 4.72. The van der Waals surface area contributed by atoms with Crippen LogP contribution in [-0.4, -0.2) is 46.5 Å². The van der Waals surface area contributed by atoms with Crippen LogP contribution in [0, 0.1) is 5.92 Å². The molecule has 0 saturated carbocycles. The number of hydrogen-bond donors (Lipinski definition) is 3. The Morgan fingerprint density at radius 2 is 1.82 bits per heavy atom. The molecule has 0 bridgehead atoms. The molecule has 4 rings (SSSR count). The summed E-state index contributed by atoms with van der Waals surface area (Å²) in [5.74, 6) is 0.832. The Balaban J connectivity index is 1.45. The Kier molecular flexibility index (Phi) is 9.04. The van der Waals surface area contributed by atoms with Crippen molar-refractivity contribution in [3.63, 3.8) is 0 Å². The van der Waals surface area contributed by atoms with Gasteiger partial charge in [-0.3, -0.25) is 9.59 Å². The molecule has 2 heterocycles. The molecule has 0 fully saturated rings. The predicted molar refractivity (Wildman–Crippen MR) is 149 cm³/mol. The number of rotatable bonds is 14. The van der Waals surface area contributed by atoms with E-state index in [9.17, 15) is 9.59 Å². The number of nitrogens with two attached hydrogens (primary N) is 2. The van der Waals surface area contributed by atoms with Crippen LogP contribution in [0.5, 0.6) is 0 Å². The summed E-state index contributed by atoms with van der Waals surface area (Å²) in [6.45, 7) is 3.95. The maximum atomic E-state index is 12.2. The zero-order valence-corrected chi connectivity index (χ0v) is 22.1. The van der Waals surface area contributed by atoms with Gasteiger partial charge in [0.15, 0.2) is 5.82 Å². The lowest BCUT2D eigenvalue weighted by Crippen LogP contribution is -2.26. The van der Waals surface area contributed by atoms with Gasteiger partial charge in [0.1, 0.15) is 17.1 Å². The molecule has 2 aromatic heterocycles. The van der Waals surface area contributed by atoms with Gasteiger partial charge in [-0.25, -0.2) is 9.97 Å². The Labute approximate surface area is 222 Å². The number of amides is 1. The maximum Gasteiger partial charge on any atom is 0.220 e. The van der Waals surface area contributed by atoms with Crippen molar-refractivity contribution in [3.05, 3.63) is 65.5 Å². The van der Waals surface area contributed by atoms with E-state index in [2.05, 4.69) is 45.2 Å². The average molecular weight is 517 g/mol. The first-order valence-corrected chi connectivity index (χ1v) is 13.0. The number of carbonyl (C=O) groups is 2. The summed E-state index contributed by atoms with van der Waals surface area (Å²) in [7, 11) is 1.68. The lowest BCUT2D eigenvalue weighted by Gasteiger charge is -2.12. The molecule has 9 nitrogen and oxygen atoms in total. The molecule has 0 aliphatic rings. The molecule has 1 amide bonds.